The van der Waals surface area contributed by atoms with Crippen LogP contribution in [0.15, 0.2) is 76.5 Å². The number of hydrogen-bond donors (Lipinski definition) is 1. The fourth-order valence-corrected chi connectivity index (χ4v) is 6.16. The molecule has 3 aromatic rings. The van der Waals surface area contributed by atoms with Crippen molar-refractivity contribution in [1.82, 2.24) is 10.2 Å². The van der Waals surface area contributed by atoms with Crippen LogP contribution < -0.4 is 14.4 Å². The van der Waals surface area contributed by atoms with Gasteiger partial charge in [0.25, 0.3) is 10.0 Å². The lowest BCUT2D eigenvalue weighted by Gasteiger charge is -2.32. The number of rotatable bonds is 13. The second-order valence-electron chi connectivity index (χ2n) is 8.95. The van der Waals surface area contributed by atoms with E-state index in [0.29, 0.717) is 34.5 Å². The molecule has 3 rings (SSSR count). The molecule has 1 unspecified atom stereocenters. The van der Waals surface area contributed by atoms with E-state index in [1.54, 1.807) is 68.4 Å². The van der Waals surface area contributed by atoms with Crippen LogP contribution in [0.5, 0.6) is 5.75 Å². The van der Waals surface area contributed by atoms with E-state index in [9.17, 15) is 18.0 Å². The monoisotopic (exact) mass is 637 g/mol. The maximum absolute atomic E-state index is 14.0. The molecule has 0 bridgehead atoms. The van der Waals surface area contributed by atoms with Crippen LogP contribution in [0.2, 0.25) is 10.0 Å². The van der Waals surface area contributed by atoms with Gasteiger partial charge in [0, 0.05) is 18.0 Å². The number of amides is 2. The zero-order valence-electron chi connectivity index (χ0n) is 23.3. The summed E-state index contributed by atoms with van der Waals surface area (Å²) in [6.45, 7) is 5.49. The Morgan fingerprint density at radius 2 is 1.63 bits per heavy atom. The molecule has 0 saturated heterocycles. The van der Waals surface area contributed by atoms with Gasteiger partial charge >= 0.3 is 0 Å². The lowest BCUT2D eigenvalue weighted by Crippen LogP contribution is -2.51. The van der Waals surface area contributed by atoms with Gasteiger partial charge in [0.05, 0.1) is 27.2 Å². The van der Waals surface area contributed by atoms with Crippen molar-refractivity contribution in [3.05, 3.63) is 82.3 Å². The number of carbonyl (C=O) groups is 2. The summed E-state index contributed by atoms with van der Waals surface area (Å²) in [4.78, 5) is 29.0. The maximum Gasteiger partial charge on any atom is 0.264 e. The van der Waals surface area contributed by atoms with E-state index in [4.69, 9.17) is 27.9 Å². The van der Waals surface area contributed by atoms with Crippen molar-refractivity contribution in [2.24, 2.45) is 0 Å². The lowest BCUT2D eigenvalue weighted by molar-refractivity contribution is -0.139. The molecule has 41 heavy (non-hydrogen) atoms. The summed E-state index contributed by atoms with van der Waals surface area (Å²) in [5.74, 6) is -0.382. The first-order chi connectivity index (χ1) is 19.5. The van der Waals surface area contributed by atoms with Gasteiger partial charge in [0.2, 0.25) is 11.8 Å². The molecule has 0 heterocycles. The number of halogens is 2. The number of nitrogens with one attached hydrogen (secondary N) is 1. The maximum atomic E-state index is 14.0. The third kappa shape index (κ3) is 8.31. The van der Waals surface area contributed by atoms with Crippen molar-refractivity contribution in [1.29, 1.82) is 0 Å². The molecule has 0 radical (unpaired) electrons. The van der Waals surface area contributed by atoms with Crippen LogP contribution >= 0.6 is 35.0 Å². The Balaban J connectivity index is 2.04. The molecule has 0 aliphatic rings. The summed E-state index contributed by atoms with van der Waals surface area (Å²) < 4.78 is 34.5. The Labute approximate surface area is 256 Å². The van der Waals surface area contributed by atoms with Gasteiger partial charge in [0.15, 0.2) is 0 Å². The molecular weight excluding hydrogens is 605 g/mol. The summed E-state index contributed by atoms with van der Waals surface area (Å²) in [5, 5.41) is 3.38. The minimum atomic E-state index is -4.18. The van der Waals surface area contributed by atoms with Gasteiger partial charge < -0.3 is 15.0 Å². The number of hydrogen-bond acceptors (Lipinski definition) is 6. The first-order valence-electron chi connectivity index (χ1n) is 12.9. The predicted octanol–water partition coefficient (Wildman–Crippen LogP) is 5.86. The van der Waals surface area contributed by atoms with Crippen LogP contribution in [0.4, 0.5) is 5.69 Å². The molecule has 0 aliphatic heterocycles. The minimum Gasteiger partial charge on any atom is -0.494 e. The van der Waals surface area contributed by atoms with Gasteiger partial charge in [-0.25, -0.2) is 8.42 Å². The Morgan fingerprint density at radius 3 is 2.20 bits per heavy atom. The van der Waals surface area contributed by atoms with Gasteiger partial charge in [-0.3, -0.25) is 13.9 Å². The molecule has 0 saturated carbocycles. The van der Waals surface area contributed by atoms with Crippen LogP contribution in [-0.2, 0) is 26.2 Å². The topological polar surface area (TPSA) is 96.0 Å². The van der Waals surface area contributed by atoms with Crippen molar-refractivity contribution in [3.63, 3.8) is 0 Å². The van der Waals surface area contributed by atoms with E-state index in [1.165, 1.54) is 28.8 Å². The van der Waals surface area contributed by atoms with Crippen LogP contribution in [0, 0.1) is 0 Å². The standard InChI is InChI=1S/C29H33Cl2N3O5S2/c1-5-32-29(36)20(3)33(18-21-7-16-26(30)27(31)17-21)28(35)19-34(22-8-10-23(11-9-22)39-6-2)41(37,38)25-14-12-24(40-4)13-15-25/h7-17,20H,5-6,18-19H2,1-4H3,(H,32,36). The number of carbonyl (C=O) groups excluding carboxylic acids is 2. The van der Waals surface area contributed by atoms with Crippen LogP contribution in [-0.4, -0.2) is 57.1 Å². The largest absolute Gasteiger partial charge is 0.494 e. The fraction of sp³-hybridized carbons (Fsp3) is 0.310. The van der Waals surface area contributed by atoms with Crippen molar-refractivity contribution in [2.45, 2.75) is 43.1 Å². The highest BCUT2D eigenvalue weighted by atomic mass is 35.5. The van der Waals surface area contributed by atoms with E-state index in [0.717, 1.165) is 9.20 Å². The molecule has 0 spiro atoms. The molecule has 220 valence electrons. The van der Waals surface area contributed by atoms with Gasteiger partial charge in [0.1, 0.15) is 18.3 Å². The summed E-state index contributed by atoms with van der Waals surface area (Å²) in [6.07, 6.45) is 1.90. The number of sulfonamides is 1. The molecular formula is C29H33Cl2N3O5S2. The van der Waals surface area contributed by atoms with Crippen LogP contribution in [0.1, 0.15) is 26.3 Å². The summed E-state index contributed by atoms with van der Waals surface area (Å²) in [7, 11) is -4.18. The smallest absolute Gasteiger partial charge is 0.264 e. The minimum absolute atomic E-state index is 0.00755. The molecule has 2 amide bonds. The molecule has 12 heteroatoms. The van der Waals surface area contributed by atoms with E-state index >= 15 is 0 Å². The second kappa shape index (κ2) is 14.8. The van der Waals surface area contributed by atoms with Gasteiger partial charge in [-0.1, -0.05) is 29.3 Å². The first-order valence-corrected chi connectivity index (χ1v) is 16.3. The van der Waals surface area contributed by atoms with Crippen LogP contribution in [0.3, 0.4) is 0 Å². The Bertz CT molecular complexity index is 1450. The molecule has 0 aromatic heterocycles. The zero-order valence-corrected chi connectivity index (χ0v) is 26.4. The third-order valence-electron chi connectivity index (χ3n) is 6.22. The van der Waals surface area contributed by atoms with E-state index in [-0.39, 0.29) is 23.0 Å². The highest BCUT2D eigenvalue weighted by Gasteiger charge is 2.32. The second-order valence-corrected chi connectivity index (χ2v) is 12.5. The number of thioether (sulfide) groups is 1. The molecule has 1 N–H and O–H groups in total. The van der Waals surface area contributed by atoms with Crippen molar-refractivity contribution < 1.29 is 22.7 Å². The number of anilines is 1. The number of likely N-dealkylation sites (N-methyl/N-ethyl adjacent to an activating group) is 1. The molecule has 8 nitrogen and oxygen atoms in total. The number of ether oxygens (including phenoxy) is 1. The Kier molecular flexibility index (Phi) is 11.8. The van der Waals surface area contributed by atoms with E-state index < -0.39 is 28.5 Å². The van der Waals surface area contributed by atoms with E-state index in [1.807, 2.05) is 13.2 Å². The highest BCUT2D eigenvalue weighted by molar-refractivity contribution is 7.98. The molecule has 0 fully saturated rings. The molecule has 1 atom stereocenters. The van der Waals surface area contributed by atoms with Gasteiger partial charge in [-0.15, -0.1) is 11.8 Å². The third-order valence-corrected chi connectivity index (χ3v) is 9.49. The Morgan fingerprint density at radius 1 is 0.976 bits per heavy atom. The van der Waals surface area contributed by atoms with Crippen molar-refractivity contribution in [3.8, 4) is 5.75 Å². The van der Waals surface area contributed by atoms with Crippen molar-refractivity contribution in [2.75, 3.05) is 30.3 Å². The molecule has 0 aliphatic carbocycles. The first kappa shape index (κ1) is 32.6. The zero-order chi connectivity index (χ0) is 30.2. The summed E-state index contributed by atoms with van der Waals surface area (Å²) in [6, 6.07) is 16.9. The van der Waals surface area contributed by atoms with Crippen molar-refractivity contribution >= 4 is 62.5 Å². The normalized spacial score (nSPS) is 12.0. The summed E-state index contributed by atoms with van der Waals surface area (Å²) >= 11 is 13.8. The van der Waals surface area contributed by atoms with E-state index in [2.05, 4.69) is 5.32 Å². The average molecular weight is 639 g/mol. The highest BCUT2D eigenvalue weighted by Crippen LogP contribution is 2.28. The van der Waals surface area contributed by atoms with Crippen LogP contribution in [0.25, 0.3) is 0 Å². The van der Waals surface area contributed by atoms with Gasteiger partial charge in [-0.2, -0.15) is 0 Å². The average Bonchev–Trinajstić information content (AvgIpc) is 2.96. The quantitative estimate of drug-likeness (QED) is 0.236. The summed E-state index contributed by atoms with van der Waals surface area (Å²) in [5.41, 5.74) is 0.905. The van der Waals surface area contributed by atoms with Gasteiger partial charge in [-0.05, 0) is 93.3 Å². The molecule has 3 aromatic carbocycles. The fourth-order valence-electron chi connectivity index (χ4n) is 4.02. The number of benzene rings is 3. The Hall–Kier alpha value is -2.92. The predicted molar refractivity (Wildman–Crippen MR) is 166 cm³/mol. The SMILES string of the molecule is CCNC(=O)C(C)N(Cc1ccc(Cl)c(Cl)c1)C(=O)CN(c1ccc(OCC)cc1)S(=O)(=O)c1ccc(SC)cc1. The number of nitrogens with zero attached hydrogens (tertiary/aromatic N) is 2. The lowest BCUT2D eigenvalue weighted by atomic mass is 10.1.